The van der Waals surface area contributed by atoms with Gasteiger partial charge in [-0.15, -0.1) is 0 Å². The zero-order valence-electron chi connectivity index (χ0n) is 17.6. The Bertz CT molecular complexity index is 973. The number of hydrogen-bond acceptors (Lipinski definition) is 4. The molecule has 0 aliphatic carbocycles. The molecule has 4 nitrogen and oxygen atoms in total. The fraction of sp³-hybridized carbons (Fsp3) is 0.240. The second kappa shape index (κ2) is 10.9. The van der Waals surface area contributed by atoms with Gasteiger partial charge in [0.1, 0.15) is 5.75 Å². The van der Waals surface area contributed by atoms with Crippen molar-refractivity contribution in [3.8, 4) is 5.75 Å². The normalized spacial score (nSPS) is 10.8. The number of nitrogens with one attached hydrogen (secondary N) is 1. The largest absolute Gasteiger partial charge is 0.494 e. The molecule has 1 N–H and O–H groups in total. The van der Waals surface area contributed by atoms with E-state index >= 15 is 0 Å². The SMILES string of the molecule is CCOc1ccc(C(=O)Nc2ccccc2Sc2ccccc2)cc1COC(C)C. The van der Waals surface area contributed by atoms with Crippen molar-refractivity contribution in [3.63, 3.8) is 0 Å². The van der Waals surface area contributed by atoms with Gasteiger partial charge in [0.15, 0.2) is 0 Å². The van der Waals surface area contributed by atoms with Crippen LogP contribution in [0, 0.1) is 0 Å². The van der Waals surface area contributed by atoms with Crippen molar-refractivity contribution in [2.24, 2.45) is 0 Å². The third-order valence-corrected chi connectivity index (χ3v) is 5.38. The van der Waals surface area contributed by atoms with Crippen LogP contribution in [0.2, 0.25) is 0 Å². The maximum atomic E-state index is 13.0. The maximum absolute atomic E-state index is 13.0. The molecule has 0 heterocycles. The fourth-order valence-electron chi connectivity index (χ4n) is 2.86. The molecule has 156 valence electrons. The zero-order valence-corrected chi connectivity index (χ0v) is 18.4. The van der Waals surface area contributed by atoms with Crippen LogP contribution in [0.15, 0.2) is 82.6 Å². The summed E-state index contributed by atoms with van der Waals surface area (Å²) in [5.74, 6) is 0.583. The second-order valence-corrected chi connectivity index (χ2v) is 8.10. The van der Waals surface area contributed by atoms with Crippen LogP contribution in [-0.4, -0.2) is 18.6 Å². The van der Waals surface area contributed by atoms with Gasteiger partial charge in [-0.25, -0.2) is 0 Å². The van der Waals surface area contributed by atoms with E-state index in [0.717, 1.165) is 26.8 Å². The predicted molar refractivity (Wildman–Crippen MR) is 122 cm³/mol. The monoisotopic (exact) mass is 421 g/mol. The lowest BCUT2D eigenvalue weighted by Crippen LogP contribution is -2.13. The van der Waals surface area contributed by atoms with Crippen LogP contribution < -0.4 is 10.1 Å². The van der Waals surface area contributed by atoms with Crippen LogP contribution in [0.4, 0.5) is 5.69 Å². The molecule has 0 aromatic heterocycles. The predicted octanol–water partition coefficient (Wildman–Crippen LogP) is 6.41. The molecule has 0 saturated carbocycles. The van der Waals surface area contributed by atoms with Gasteiger partial charge in [0, 0.05) is 20.9 Å². The summed E-state index contributed by atoms with van der Waals surface area (Å²) in [6, 6.07) is 23.4. The average molecular weight is 422 g/mol. The van der Waals surface area contributed by atoms with E-state index in [0.29, 0.717) is 18.8 Å². The Morgan fingerprint density at radius 1 is 1.00 bits per heavy atom. The lowest BCUT2D eigenvalue weighted by atomic mass is 10.1. The molecule has 0 bridgehead atoms. The van der Waals surface area contributed by atoms with Crippen molar-refractivity contribution in [2.45, 2.75) is 43.3 Å². The molecule has 30 heavy (non-hydrogen) atoms. The Balaban J connectivity index is 1.80. The summed E-state index contributed by atoms with van der Waals surface area (Å²) in [4.78, 5) is 15.1. The van der Waals surface area contributed by atoms with E-state index in [9.17, 15) is 4.79 Å². The highest BCUT2D eigenvalue weighted by Crippen LogP contribution is 2.33. The van der Waals surface area contributed by atoms with Gasteiger partial charge in [-0.05, 0) is 63.2 Å². The van der Waals surface area contributed by atoms with Gasteiger partial charge in [0.25, 0.3) is 5.91 Å². The van der Waals surface area contributed by atoms with Gasteiger partial charge in [0.05, 0.1) is 25.0 Å². The Labute approximate surface area is 182 Å². The molecule has 0 atom stereocenters. The fourth-order valence-corrected chi connectivity index (χ4v) is 3.78. The molecule has 3 aromatic rings. The summed E-state index contributed by atoms with van der Waals surface area (Å²) in [6.07, 6.45) is 0.0962. The summed E-state index contributed by atoms with van der Waals surface area (Å²) in [5.41, 5.74) is 2.22. The molecule has 0 aliphatic heterocycles. The number of carbonyl (C=O) groups is 1. The van der Waals surface area contributed by atoms with Crippen LogP contribution in [0.3, 0.4) is 0 Å². The Hall–Kier alpha value is -2.76. The van der Waals surface area contributed by atoms with Gasteiger partial charge in [0.2, 0.25) is 0 Å². The minimum atomic E-state index is -0.162. The number of carbonyl (C=O) groups excluding carboxylic acids is 1. The standard InChI is InChI=1S/C25H27NO3S/c1-4-28-23-15-14-19(16-20(23)17-29-18(2)3)25(27)26-22-12-8-9-13-24(22)30-21-10-6-5-7-11-21/h5-16,18H,4,17H2,1-3H3,(H,26,27). The Morgan fingerprint density at radius 3 is 2.47 bits per heavy atom. The number of amides is 1. The number of rotatable bonds is 9. The topological polar surface area (TPSA) is 47.6 Å². The van der Waals surface area contributed by atoms with E-state index in [4.69, 9.17) is 9.47 Å². The highest BCUT2D eigenvalue weighted by atomic mass is 32.2. The molecule has 0 radical (unpaired) electrons. The van der Waals surface area contributed by atoms with E-state index in [1.165, 1.54) is 0 Å². The van der Waals surface area contributed by atoms with Gasteiger partial charge < -0.3 is 14.8 Å². The number of para-hydroxylation sites is 1. The first-order valence-corrected chi connectivity index (χ1v) is 10.9. The van der Waals surface area contributed by atoms with Crippen LogP contribution in [0.5, 0.6) is 5.75 Å². The van der Waals surface area contributed by atoms with Crippen LogP contribution >= 0.6 is 11.8 Å². The number of benzene rings is 3. The Kier molecular flexibility index (Phi) is 7.94. The van der Waals surface area contributed by atoms with Crippen LogP contribution in [0.25, 0.3) is 0 Å². The quantitative estimate of drug-likeness (QED) is 0.433. The summed E-state index contributed by atoms with van der Waals surface area (Å²) in [5, 5.41) is 3.05. The molecule has 0 aliphatic rings. The first-order chi connectivity index (χ1) is 14.6. The summed E-state index contributed by atoms with van der Waals surface area (Å²) >= 11 is 1.62. The molecular weight excluding hydrogens is 394 g/mol. The maximum Gasteiger partial charge on any atom is 0.255 e. The molecule has 3 aromatic carbocycles. The number of hydrogen-bond donors (Lipinski definition) is 1. The summed E-state index contributed by atoms with van der Waals surface area (Å²) in [7, 11) is 0. The molecular formula is C25H27NO3S. The molecule has 5 heteroatoms. The van der Waals surface area contributed by atoms with Crippen molar-refractivity contribution in [3.05, 3.63) is 83.9 Å². The summed E-state index contributed by atoms with van der Waals surface area (Å²) < 4.78 is 11.4. The molecule has 0 saturated heterocycles. The minimum Gasteiger partial charge on any atom is -0.494 e. The van der Waals surface area contributed by atoms with Crippen molar-refractivity contribution in [1.82, 2.24) is 0 Å². The second-order valence-electron chi connectivity index (χ2n) is 6.98. The van der Waals surface area contributed by atoms with E-state index in [1.807, 2.05) is 75.4 Å². The van der Waals surface area contributed by atoms with Crippen molar-refractivity contribution in [2.75, 3.05) is 11.9 Å². The van der Waals surface area contributed by atoms with E-state index < -0.39 is 0 Å². The lowest BCUT2D eigenvalue weighted by molar-refractivity contribution is 0.0641. The molecule has 1 amide bonds. The number of anilines is 1. The van der Waals surface area contributed by atoms with Crippen molar-refractivity contribution >= 4 is 23.4 Å². The zero-order chi connectivity index (χ0) is 21.3. The van der Waals surface area contributed by atoms with Crippen LogP contribution in [0.1, 0.15) is 36.7 Å². The Morgan fingerprint density at radius 2 is 1.73 bits per heavy atom. The van der Waals surface area contributed by atoms with E-state index in [-0.39, 0.29) is 12.0 Å². The lowest BCUT2D eigenvalue weighted by Gasteiger charge is -2.15. The highest BCUT2D eigenvalue weighted by molar-refractivity contribution is 7.99. The third kappa shape index (κ3) is 6.12. The average Bonchev–Trinajstić information content (AvgIpc) is 2.75. The first-order valence-electron chi connectivity index (χ1n) is 10.1. The van der Waals surface area contributed by atoms with Gasteiger partial charge in [-0.2, -0.15) is 0 Å². The minimum absolute atomic E-state index is 0.0962. The molecule has 0 fully saturated rings. The number of ether oxygens (including phenoxy) is 2. The van der Waals surface area contributed by atoms with Gasteiger partial charge in [-0.3, -0.25) is 4.79 Å². The van der Waals surface area contributed by atoms with E-state index in [1.54, 1.807) is 17.8 Å². The first kappa shape index (κ1) is 21.9. The van der Waals surface area contributed by atoms with Gasteiger partial charge in [-0.1, -0.05) is 42.1 Å². The van der Waals surface area contributed by atoms with Crippen LogP contribution in [-0.2, 0) is 11.3 Å². The third-order valence-electron chi connectivity index (χ3n) is 4.30. The molecule has 0 unspecified atom stereocenters. The van der Waals surface area contributed by atoms with Crippen molar-refractivity contribution in [1.29, 1.82) is 0 Å². The molecule has 0 spiro atoms. The highest BCUT2D eigenvalue weighted by Gasteiger charge is 2.13. The van der Waals surface area contributed by atoms with Gasteiger partial charge >= 0.3 is 0 Å². The molecule has 3 rings (SSSR count). The van der Waals surface area contributed by atoms with E-state index in [2.05, 4.69) is 17.4 Å². The smallest absolute Gasteiger partial charge is 0.255 e. The summed E-state index contributed by atoms with van der Waals surface area (Å²) in [6.45, 7) is 6.87. The van der Waals surface area contributed by atoms with Crippen molar-refractivity contribution < 1.29 is 14.3 Å².